The van der Waals surface area contributed by atoms with E-state index in [4.69, 9.17) is 0 Å². The van der Waals surface area contributed by atoms with Gasteiger partial charge in [0.15, 0.2) is 0 Å². The Morgan fingerprint density at radius 2 is 1.17 bits per heavy atom. The zero-order valence-electron chi connectivity index (χ0n) is 17.0. The third-order valence-electron chi connectivity index (χ3n) is 5.20. The van der Waals surface area contributed by atoms with Gasteiger partial charge in [0.2, 0.25) is 0 Å². The van der Waals surface area contributed by atoms with Crippen LogP contribution in [0, 0.1) is 5.92 Å². The van der Waals surface area contributed by atoms with E-state index in [1.807, 2.05) is 0 Å². The second kappa shape index (κ2) is 16.8. The lowest BCUT2D eigenvalue weighted by molar-refractivity contribution is 0.201. The number of nitrogens with one attached hydrogen (secondary N) is 1. The molecule has 0 aromatic rings. The lowest BCUT2D eigenvalue weighted by atomic mass is 9.94. The van der Waals surface area contributed by atoms with E-state index in [-0.39, 0.29) is 0 Å². The highest BCUT2D eigenvalue weighted by atomic mass is 15.1. The van der Waals surface area contributed by atoms with E-state index in [0.717, 1.165) is 18.5 Å². The van der Waals surface area contributed by atoms with E-state index in [1.54, 1.807) is 0 Å². The molecule has 140 valence electrons. The SMILES string of the molecule is CCCCCCCCCCCCCCC(C(C)CNC)N(C)C. The molecule has 2 atom stereocenters. The first kappa shape index (κ1) is 22.9. The molecule has 0 rings (SSSR count). The maximum atomic E-state index is 3.32. The van der Waals surface area contributed by atoms with Gasteiger partial charge < -0.3 is 10.2 Å². The first-order valence-corrected chi connectivity index (χ1v) is 10.4. The molecule has 0 aliphatic rings. The Hall–Kier alpha value is -0.0800. The molecule has 2 unspecified atom stereocenters. The van der Waals surface area contributed by atoms with E-state index in [0.29, 0.717) is 0 Å². The Bertz CT molecular complexity index is 228. The maximum Gasteiger partial charge on any atom is 0.0127 e. The predicted molar refractivity (Wildman–Crippen MR) is 106 cm³/mol. The highest BCUT2D eigenvalue weighted by Gasteiger charge is 2.18. The van der Waals surface area contributed by atoms with E-state index >= 15 is 0 Å². The summed E-state index contributed by atoms with van der Waals surface area (Å²) in [5, 5.41) is 3.32. The molecular formula is C21H46N2. The van der Waals surface area contributed by atoms with Gasteiger partial charge in [-0.2, -0.15) is 0 Å². The van der Waals surface area contributed by atoms with E-state index in [1.165, 1.54) is 83.5 Å². The van der Waals surface area contributed by atoms with Crippen LogP contribution in [0.3, 0.4) is 0 Å². The summed E-state index contributed by atoms with van der Waals surface area (Å²) in [5.74, 6) is 0.739. The summed E-state index contributed by atoms with van der Waals surface area (Å²) >= 11 is 0. The van der Waals surface area contributed by atoms with Gasteiger partial charge in [-0.1, -0.05) is 90.9 Å². The standard InChI is InChI=1S/C21H46N2/c1-6-7-8-9-10-11-12-13-14-15-16-17-18-21(23(4)5)20(2)19-22-3/h20-22H,6-19H2,1-5H3. The summed E-state index contributed by atoms with van der Waals surface area (Å²) < 4.78 is 0. The summed E-state index contributed by atoms with van der Waals surface area (Å²) in [7, 11) is 6.53. The summed E-state index contributed by atoms with van der Waals surface area (Å²) in [6, 6.07) is 0.727. The van der Waals surface area contributed by atoms with Crippen LogP contribution >= 0.6 is 0 Å². The highest BCUT2D eigenvalue weighted by Crippen LogP contribution is 2.17. The third-order valence-corrected chi connectivity index (χ3v) is 5.20. The van der Waals surface area contributed by atoms with Crippen LogP contribution in [0.1, 0.15) is 97.3 Å². The minimum absolute atomic E-state index is 0.727. The summed E-state index contributed by atoms with van der Waals surface area (Å²) in [6.07, 6.45) is 18.6. The molecule has 2 heteroatoms. The van der Waals surface area contributed by atoms with Gasteiger partial charge in [0.25, 0.3) is 0 Å². The van der Waals surface area contributed by atoms with Crippen LogP contribution in [0.5, 0.6) is 0 Å². The minimum Gasteiger partial charge on any atom is -0.319 e. The average molecular weight is 327 g/mol. The lowest BCUT2D eigenvalue weighted by Crippen LogP contribution is -2.38. The van der Waals surface area contributed by atoms with Gasteiger partial charge in [0.05, 0.1) is 0 Å². The van der Waals surface area contributed by atoms with Gasteiger partial charge >= 0.3 is 0 Å². The van der Waals surface area contributed by atoms with Crippen molar-refractivity contribution in [3.05, 3.63) is 0 Å². The van der Waals surface area contributed by atoms with Crippen molar-refractivity contribution in [2.75, 3.05) is 27.7 Å². The Morgan fingerprint density at radius 3 is 1.57 bits per heavy atom. The van der Waals surface area contributed by atoms with Gasteiger partial charge in [-0.15, -0.1) is 0 Å². The van der Waals surface area contributed by atoms with Crippen molar-refractivity contribution < 1.29 is 0 Å². The van der Waals surface area contributed by atoms with Crippen molar-refractivity contribution in [1.82, 2.24) is 10.2 Å². The molecule has 0 fully saturated rings. The summed E-state index contributed by atoms with van der Waals surface area (Å²) in [4.78, 5) is 2.42. The Morgan fingerprint density at radius 1 is 0.739 bits per heavy atom. The first-order chi connectivity index (χ1) is 11.1. The number of unbranched alkanes of at least 4 members (excludes halogenated alkanes) is 11. The zero-order valence-corrected chi connectivity index (χ0v) is 17.0. The largest absolute Gasteiger partial charge is 0.319 e. The molecule has 0 amide bonds. The number of rotatable bonds is 17. The normalized spacial score (nSPS) is 14.3. The van der Waals surface area contributed by atoms with E-state index in [2.05, 4.69) is 45.2 Å². The van der Waals surface area contributed by atoms with E-state index < -0.39 is 0 Å². The number of hydrogen-bond acceptors (Lipinski definition) is 2. The predicted octanol–water partition coefficient (Wildman–Crippen LogP) is 5.86. The second-order valence-electron chi connectivity index (χ2n) is 7.74. The zero-order chi connectivity index (χ0) is 17.3. The fourth-order valence-corrected chi connectivity index (χ4v) is 3.70. The van der Waals surface area contributed by atoms with Gasteiger partial charge in [-0.25, -0.2) is 0 Å². The first-order valence-electron chi connectivity index (χ1n) is 10.4. The topological polar surface area (TPSA) is 15.3 Å². The van der Waals surface area contributed by atoms with Crippen LogP contribution in [0.25, 0.3) is 0 Å². The molecule has 2 nitrogen and oxygen atoms in total. The molecule has 0 bridgehead atoms. The molecule has 0 aromatic heterocycles. The van der Waals surface area contributed by atoms with E-state index in [9.17, 15) is 0 Å². The van der Waals surface area contributed by atoms with Crippen molar-refractivity contribution in [2.24, 2.45) is 5.92 Å². The Labute approximate surface area is 147 Å². The summed E-state index contributed by atoms with van der Waals surface area (Å²) in [6.45, 7) is 5.80. The quantitative estimate of drug-likeness (QED) is 0.337. The Balaban J connectivity index is 3.43. The highest BCUT2D eigenvalue weighted by molar-refractivity contribution is 4.74. The molecule has 0 spiro atoms. The third kappa shape index (κ3) is 14.0. The molecule has 1 N–H and O–H groups in total. The second-order valence-corrected chi connectivity index (χ2v) is 7.74. The lowest BCUT2D eigenvalue weighted by Gasteiger charge is -2.30. The molecule has 23 heavy (non-hydrogen) atoms. The molecule has 0 saturated carbocycles. The van der Waals surface area contributed by atoms with Gasteiger partial charge in [0, 0.05) is 6.04 Å². The molecule has 0 aromatic carbocycles. The van der Waals surface area contributed by atoms with Crippen LogP contribution in [-0.2, 0) is 0 Å². The van der Waals surface area contributed by atoms with Gasteiger partial charge in [-0.05, 0) is 40.0 Å². The van der Waals surface area contributed by atoms with Crippen molar-refractivity contribution in [3.8, 4) is 0 Å². The van der Waals surface area contributed by atoms with Crippen LogP contribution < -0.4 is 5.32 Å². The molecule has 0 aliphatic carbocycles. The van der Waals surface area contributed by atoms with Crippen molar-refractivity contribution in [2.45, 2.75) is 103 Å². The molecule has 0 heterocycles. The molecule has 0 saturated heterocycles. The van der Waals surface area contributed by atoms with Crippen LogP contribution in [-0.4, -0.2) is 38.6 Å². The smallest absolute Gasteiger partial charge is 0.0127 e. The van der Waals surface area contributed by atoms with Gasteiger partial charge in [0.1, 0.15) is 0 Å². The van der Waals surface area contributed by atoms with Crippen molar-refractivity contribution in [3.63, 3.8) is 0 Å². The van der Waals surface area contributed by atoms with Crippen LogP contribution in [0.4, 0.5) is 0 Å². The van der Waals surface area contributed by atoms with Crippen molar-refractivity contribution >= 4 is 0 Å². The fourth-order valence-electron chi connectivity index (χ4n) is 3.70. The maximum absolute atomic E-state index is 3.32. The van der Waals surface area contributed by atoms with Gasteiger partial charge in [-0.3, -0.25) is 0 Å². The molecular weight excluding hydrogens is 280 g/mol. The number of hydrogen-bond donors (Lipinski definition) is 1. The van der Waals surface area contributed by atoms with Crippen LogP contribution in [0.2, 0.25) is 0 Å². The van der Waals surface area contributed by atoms with Crippen LogP contribution in [0.15, 0.2) is 0 Å². The summed E-state index contributed by atoms with van der Waals surface area (Å²) in [5.41, 5.74) is 0. The fraction of sp³-hybridized carbons (Fsp3) is 1.00. The number of nitrogens with zero attached hydrogens (tertiary/aromatic N) is 1. The molecule has 0 radical (unpaired) electrons. The Kier molecular flexibility index (Phi) is 16.7. The average Bonchev–Trinajstić information content (AvgIpc) is 2.51. The molecule has 0 aliphatic heterocycles. The monoisotopic (exact) mass is 326 g/mol. The van der Waals surface area contributed by atoms with Crippen molar-refractivity contribution in [1.29, 1.82) is 0 Å². The minimum atomic E-state index is 0.727.